The Kier molecular flexibility index (Phi) is 3.48. The van der Waals surface area contributed by atoms with E-state index in [-0.39, 0.29) is 12.5 Å². The summed E-state index contributed by atoms with van der Waals surface area (Å²) in [5, 5.41) is 20.0. The first-order valence-corrected chi connectivity index (χ1v) is 4.82. The fourth-order valence-corrected chi connectivity index (χ4v) is 1.93. The highest BCUT2D eigenvalue weighted by atomic mass is 16.4. The fraction of sp³-hybridized carbons (Fsp3) is 0.667. The molecule has 5 N–H and O–H groups in total. The van der Waals surface area contributed by atoms with Crippen LogP contribution in [-0.4, -0.2) is 40.6 Å². The van der Waals surface area contributed by atoms with Gasteiger partial charge in [0.15, 0.2) is 0 Å². The summed E-state index contributed by atoms with van der Waals surface area (Å²) in [7, 11) is 0. The number of hydrogen-bond acceptors (Lipinski definition) is 4. The van der Waals surface area contributed by atoms with Crippen molar-refractivity contribution in [3.63, 3.8) is 0 Å². The van der Waals surface area contributed by atoms with Crippen molar-refractivity contribution in [2.75, 3.05) is 6.54 Å². The molecule has 0 spiro atoms. The number of amides is 1. The zero-order valence-corrected chi connectivity index (χ0v) is 8.71. The summed E-state index contributed by atoms with van der Waals surface area (Å²) in [6.07, 6.45) is 0. The van der Waals surface area contributed by atoms with E-state index in [2.05, 4.69) is 5.32 Å². The standard InChI is InChI=1S/C9H14N2O5/c1-3(12)11-2-4-5(6(4)8(13)14)7(10)9(15)16/h4-7H,2,10H2,1H3,(H,11,12)(H,13,14)(H,15,16). The minimum atomic E-state index is -1.22. The predicted octanol–water partition coefficient (Wildman–Crippen LogP) is -1.52. The average molecular weight is 230 g/mol. The van der Waals surface area contributed by atoms with Crippen LogP contribution in [0.4, 0.5) is 0 Å². The molecule has 0 aromatic carbocycles. The predicted molar refractivity (Wildman–Crippen MR) is 52.4 cm³/mol. The van der Waals surface area contributed by atoms with E-state index in [1.54, 1.807) is 0 Å². The molecule has 4 unspecified atom stereocenters. The van der Waals surface area contributed by atoms with Crippen molar-refractivity contribution >= 4 is 17.8 Å². The van der Waals surface area contributed by atoms with E-state index in [0.717, 1.165) is 0 Å². The molecule has 1 aliphatic rings. The summed E-state index contributed by atoms with van der Waals surface area (Å²) in [5.41, 5.74) is 5.37. The van der Waals surface area contributed by atoms with Gasteiger partial charge in [-0.25, -0.2) is 0 Å². The Hall–Kier alpha value is -1.63. The summed E-state index contributed by atoms with van der Waals surface area (Å²) in [4.78, 5) is 32.1. The maximum Gasteiger partial charge on any atom is 0.320 e. The van der Waals surface area contributed by atoms with Gasteiger partial charge in [-0.3, -0.25) is 14.4 Å². The van der Waals surface area contributed by atoms with Crippen LogP contribution in [0, 0.1) is 17.8 Å². The van der Waals surface area contributed by atoms with Gasteiger partial charge in [-0.15, -0.1) is 0 Å². The van der Waals surface area contributed by atoms with Crippen molar-refractivity contribution in [3.05, 3.63) is 0 Å². The number of carbonyl (C=O) groups is 3. The lowest BCUT2D eigenvalue weighted by Crippen LogP contribution is -2.34. The van der Waals surface area contributed by atoms with Crippen LogP contribution < -0.4 is 11.1 Å². The molecular formula is C9H14N2O5. The molecular weight excluding hydrogens is 216 g/mol. The smallest absolute Gasteiger partial charge is 0.320 e. The molecule has 1 saturated carbocycles. The van der Waals surface area contributed by atoms with Gasteiger partial charge < -0.3 is 21.3 Å². The van der Waals surface area contributed by atoms with Gasteiger partial charge in [-0.05, 0) is 5.92 Å². The molecule has 0 saturated heterocycles. The summed E-state index contributed by atoms with van der Waals surface area (Å²) < 4.78 is 0. The molecule has 1 amide bonds. The van der Waals surface area contributed by atoms with Crippen molar-refractivity contribution in [1.29, 1.82) is 0 Å². The Balaban J connectivity index is 2.60. The molecule has 90 valence electrons. The van der Waals surface area contributed by atoms with Crippen LogP contribution >= 0.6 is 0 Å². The largest absolute Gasteiger partial charge is 0.481 e. The van der Waals surface area contributed by atoms with Gasteiger partial charge in [0.25, 0.3) is 0 Å². The van der Waals surface area contributed by atoms with Crippen LogP contribution in [0.3, 0.4) is 0 Å². The quantitative estimate of drug-likeness (QED) is 0.454. The van der Waals surface area contributed by atoms with Crippen LogP contribution in [0.5, 0.6) is 0 Å². The minimum absolute atomic E-state index is 0.151. The molecule has 7 heteroatoms. The van der Waals surface area contributed by atoms with Crippen LogP contribution in [0.15, 0.2) is 0 Å². The average Bonchev–Trinajstić information content (AvgIpc) is 2.87. The molecule has 0 aliphatic heterocycles. The summed E-state index contributed by atoms with van der Waals surface area (Å²) >= 11 is 0. The zero-order chi connectivity index (χ0) is 12.5. The lowest BCUT2D eigenvalue weighted by atomic mass is 10.1. The number of nitrogens with two attached hydrogens (primary N) is 1. The normalized spacial score (nSPS) is 29.2. The molecule has 7 nitrogen and oxygen atoms in total. The Bertz CT molecular complexity index is 330. The molecule has 16 heavy (non-hydrogen) atoms. The lowest BCUT2D eigenvalue weighted by Gasteiger charge is -2.04. The first-order chi connectivity index (χ1) is 7.36. The molecule has 1 rings (SSSR count). The Labute approximate surface area is 91.6 Å². The van der Waals surface area contributed by atoms with E-state index in [1.807, 2.05) is 0 Å². The van der Waals surface area contributed by atoms with E-state index in [9.17, 15) is 14.4 Å². The van der Waals surface area contributed by atoms with Gasteiger partial charge in [0, 0.05) is 19.4 Å². The van der Waals surface area contributed by atoms with Crippen LogP contribution in [0.25, 0.3) is 0 Å². The molecule has 0 bridgehead atoms. The van der Waals surface area contributed by atoms with Gasteiger partial charge in [0.05, 0.1) is 5.92 Å². The monoisotopic (exact) mass is 230 g/mol. The third-order valence-electron chi connectivity index (χ3n) is 2.80. The third-order valence-corrected chi connectivity index (χ3v) is 2.80. The minimum Gasteiger partial charge on any atom is -0.481 e. The van der Waals surface area contributed by atoms with E-state index in [1.165, 1.54) is 6.92 Å². The van der Waals surface area contributed by atoms with E-state index >= 15 is 0 Å². The summed E-state index contributed by atoms with van der Waals surface area (Å²) in [6, 6.07) is -1.19. The Morgan fingerprint density at radius 3 is 2.31 bits per heavy atom. The molecule has 0 aromatic heterocycles. The van der Waals surface area contributed by atoms with Gasteiger partial charge in [-0.2, -0.15) is 0 Å². The number of rotatable bonds is 5. The Morgan fingerprint density at radius 2 is 1.94 bits per heavy atom. The van der Waals surface area contributed by atoms with Crippen molar-refractivity contribution in [2.45, 2.75) is 13.0 Å². The second-order valence-corrected chi connectivity index (χ2v) is 3.91. The van der Waals surface area contributed by atoms with Crippen molar-refractivity contribution in [1.82, 2.24) is 5.32 Å². The first-order valence-electron chi connectivity index (χ1n) is 4.82. The van der Waals surface area contributed by atoms with E-state index in [0.29, 0.717) is 0 Å². The number of carboxylic acid groups (broad SMARTS) is 2. The topological polar surface area (TPSA) is 130 Å². The van der Waals surface area contributed by atoms with Crippen molar-refractivity contribution in [3.8, 4) is 0 Å². The molecule has 4 atom stereocenters. The third kappa shape index (κ3) is 2.48. The lowest BCUT2D eigenvalue weighted by molar-refractivity contribution is -0.140. The molecule has 0 aromatic rings. The second kappa shape index (κ2) is 4.48. The van der Waals surface area contributed by atoms with Crippen LogP contribution in [0.2, 0.25) is 0 Å². The van der Waals surface area contributed by atoms with E-state index in [4.69, 9.17) is 15.9 Å². The number of carbonyl (C=O) groups excluding carboxylic acids is 1. The number of aliphatic carboxylic acids is 2. The summed E-state index contributed by atoms with van der Waals surface area (Å²) in [6.45, 7) is 1.46. The highest BCUT2D eigenvalue weighted by Crippen LogP contribution is 2.47. The number of nitrogens with one attached hydrogen (secondary N) is 1. The Morgan fingerprint density at radius 1 is 1.38 bits per heavy atom. The van der Waals surface area contributed by atoms with Gasteiger partial charge in [0.1, 0.15) is 6.04 Å². The summed E-state index contributed by atoms with van der Waals surface area (Å²) in [5.74, 6) is -4.36. The molecule has 1 fully saturated rings. The molecule has 0 heterocycles. The second-order valence-electron chi connectivity index (χ2n) is 3.91. The fourth-order valence-electron chi connectivity index (χ4n) is 1.93. The van der Waals surface area contributed by atoms with Crippen LogP contribution in [0.1, 0.15) is 6.92 Å². The van der Waals surface area contributed by atoms with Gasteiger partial charge in [0.2, 0.25) is 5.91 Å². The van der Waals surface area contributed by atoms with E-state index < -0.39 is 35.7 Å². The van der Waals surface area contributed by atoms with Crippen LogP contribution in [-0.2, 0) is 14.4 Å². The maximum absolute atomic E-state index is 10.8. The van der Waals surface area contributed by atoms with Crippen molar-refractivity contribution in [2.24, 2.45) is 23.5 Å². The maximum atomic E-state index is 10.8. The highest BCUT2D eigenvalue weighted by molar-refractivity contribution is 5.80. The zero-order valence-electron chi connectivity index (χ0n) is 8.71. The number of carboxylic acids is 2. The first kappa shape index (κ1) is 12.4. The SMILES string of the molecule is CC(=O)NCC1C(C(=O)O)C1C(N)C(=O)O. The number of hydrogen-bond donors (Lipinski definition) is 4. The molecule has 0 radical (unpaired) electrons. The highest BCUT2D eigenvalue weighted by Gasteiger charge is 2.59. The van der Waals surface area contributed by atoms with Crippen molar-refractivity contribution < 1.29 is 24.6 Å². The molecule has 1 aliphatic carbocycles. The van der Waals surface area contributed by atoms with Gasteiger partial charge >= 0.3 is 11.9 Å². The van der Waals surface area contributed by atoms with Gasteiger partial charge in [-0.1, -0.05) is 0 Å².